The molecule has 0 radical (unpaired) electrons. The summed E-state index contributed by atoms with van der Waals surface area (Å²) < 4.78 is 15.9. The fourth-order valence-electron chi connectivity index (χ4n) is 7.17. The predicted octanol–water partition coefficient (Wildman–Crippen LogP) is 11.8. The fraction of sp³-hybridized carbons (Fsp3) is 0. The van der Waals surface area contributed by atoms with E-state index in [1.165, 1.54) is 0 Å². The molecule has 0 fully saturated rings. The molecule has 0 saturated carbocycles. The molecule has 7 aromatic carbocycles. The molecule has 5 nitrogen and oxygen atoms in total. The molecule has 2 aromatic heterocycles. The summed E-state index contributed by atoms with van der Waals surface area (Å²) in [7, 11) is 0. The summed E-state index contributed by atoms with van der Waals surface area (Å²) in [5.74, 6) is 2.78. The summed E-state index contributed by atoms with van der Waals surface area (Å²) in [4.78, 5) is 5.97. The van der Waals surface area contributed by atoms with E-state index in [0.29, 0.717) is 23.0 Å². The van der Waals surface area contributed by atoms with E-state index >= 15 is 0 Å². The number of rotatable bonds is 4. The van der Waals surface area contributed by atoms with Gasteiger partial charge in [-0.05, 0) is 66.7 Å². The van der Waals surface area contributed by atoms with E-state index in [2.05, 4.69) is 148 Å². The average Bonchev–Trinajstić information content (AvgIpc) is 3.69. The van der Waals surface area contributed by atoms with Crippen LogP contribution in [0.5, 0.6) is 23.0 Å². The minimum absolute atomic E-state index is 0.692. The Morgan fingerprint density at radius 1 is 0.489 bits per heavy atom. The summed E-state index contributed by atoms with van der Waals surface area (Å²) in [5.41, 5.74) is 8.29. The van der Waals surface area contributed by atoms with E-state index < -0.39 is 0 Å². The van der Waals surface area contributed by atoms with Crippen LogP contribution in [0.4, 0.5) is 17.1 Å². The van der Waals surface area contributed by atoms with Crippen molar-refractivity contribution in [2.75, 3.05) is 4.90 Å². The Labute approximate surface area is 270 Å². The molecule has 0 unspecified atom stereocenters. The van der Waals surface area contributed by atoms with Crippen LogP contribution < -0.4 is 14.4 Å². The normalized spacial score (nSPS) is 12.2. The lowest BCUT2D eigenvalue weighted by molar-refractivity contribution is 0.365. The molecule has 0 atom stereocenters. The minimum atomic E-state index is 0.692. The van der Waals surface area contributed by atoms with E-state index in [4.69, 9.17) is 9.47 Å². The van der Waals surface area contributed by atoms with Gasteiger partial charge in [-0.2, -0.15) is 0 Å². The van der Waals surface area contributed by atoms with E-state index in [1.807, 2.05) is 24.3 Å². The first-order valence-corrected chi connectivity index (χ1v) is 15.8. The summed E-state index contributed by atoms with van der Waals surface area (Å²) in [6, 6.07) is 54.7. The highest BCUT2D eigenvalue weighted by atomic mass is 16.6. The van der Waals surface area contributed by atoms with E-state index in [1.54, 1.807) is 0 Å². The van der Waals surface area contributed by atoms with Crippen molar-refractivity contribution in [1.29, 1.82) is 0 Å². The second-order valence-corrected chi connectivity index (χ2v) is 11.8. The van der Waals surface area contributed by atoms with Crippen LogP contribution in [-0.4, -0.2) is 9.55 Å². The van der Waals surface area contributed by atoms with Crippen LogP contribution in [0.2, 0.25) is 0 Å². The van der Waals surface area contributed by atoms with Gasteiger partial charge >= 0.3 is 0 Å². The second-order valence-electron chi connectivity index (χ2n) is 11.8. The van der Waals surface area contributed by atoms with Crippen molar-refractivity contribution < 1.29 is 9.47 Å². The number of fused-ring (bicyclic) bond motifs is 11. The molecule has 5 heteroatoms. The van der Waals surface area contributed by atoms with Gasteiger partial charge in [0.2, 0.25) is 0 Å². The average molecular weight is 606 g/mol. The third-order valence-electron chi connectivity index (χ3n) is 9.13. The zero-order chi connectivity index (χ0) is 30.9. The number of benzene rings is 7. The topological polar surface area (TPSA) is 42.4 Å². The first-order valence-electron chi connectivity index (χ1n) is 15.8. The lowest BCUT2D eigenvalue weighted by atomic mass is 10.0. The smallest absolute Gasteiger partial charge is 0.196 e. The van der Waals surface area contributed by atoms with Crippen LogP contribution in [0.1, 0.15) is 0 Å². The number of nitrogens with one attached hydrogen (secondary N) is 1. The molecular formula is C42H27N3O2. The van der Waals surface area contributed by atoms with Gasteiger partial charge in [-0.3, -0.25) is 0 Å². The standard InChI is InChI=1S/C42H27N3O2/c1-3-14-27(15-4-1)44(28-16-5-2-6-17-28)29-18-13-19-30(26-29)45-34-23-10-8-21-32(34)38-37-31-20-7-9-22-33(31)43-39(37)41-42(40(38)45)47-36-25-12-11-24-35(36)46-41/h1-26,43H. The summed E-state index contributed by atoms with van der Waals surface area (Å²) in [5, 5.41) is 4.55. The first-order chi connectivity index (χ1) is 23.3. The molecule has 0 aliphatic carbocycles. The van der Waals surface area contributed by atoms with E-state index in [-0.39, 0.29) is 0 Å². The van der Waals surface area contributed by atoms with Crippen LogP contribution in [0.15, 0.2) is 158 Å². The van der Waals surface area contributed by atoms with Crippen molar-refractivity contribution in [2.45, 2.75) is 0 Å². The van der Waals surface area contributed by atoms with Crippen molar-refractivity contribution in [2.24, 2.45) is 0 Å². The molecule has 0 amide bonds. The lowest BCUT2D eigenvalue weighted by Crippen LogP contribution is -2.10. The molecule has 9 aromatic rings. The predicted molar refractivity (Wildman–Crippen MR) is 191 cm³/mol. The number of anilines is 3. The van der Waals surface area contributed by atoms with Gasteiger partial charge < -0.3 is 23.9 Å². The maximum Gasteiger partial charge on any atom is 0.196 e. The lowest BCUT2D eigenvalue weighted by Gasteiger charge is -2.26. The molecule has 1 aliphatic rings. The Morgan fingerprint density at radius 3 is 1.83 bits per heavy atom. The van der Waals surface area contributed by atoms with E-state index in [9.17, 15) is 0 Å². The van der Waals surface area contributed by atoms with E-state index in [0.717, 1.165) is 66.4 Å². The van der Waals surface area contributed by atoms with Crippen LogP contribution >= 0.6 is 0 Å². The molecular weight excluding hydrogens is 578 g/mol. The zero-order valence-corrected chi connectivity index (χ0v) is 25.2. The Hall–Kier alpha value is -6.46. The Bertz CT molecular complexity index is 2600. The quantitative estimate of drug-likeness (QED) is 0.217. The molecule has 222 valence electrons. The van der Waals surface area contributed by atoms with Crippen molar-refractivity contribution in [3.05, 3.63) is 158 Å². The third-order valence-corrected chi connectivity index (χ3v) is 9.13. The summed E-state index contributed by atoms with van der Waals surface area (Å²) in [6.45, 7) is 0. The van der Waals surface area contributed by atoms with Gasteiger partial charge in [0.05, 0.1) is 11.0 Å². The Balaban J connectivity index is 1.32. The van der Waals surface area contributed by atoms with Crippen LogP contribution in [-0.2, 0) is 0 Å². The fourth-order valence-corrected chi connectivity index (χ4v) is 7.17. The van der Waals surface area contributed by atoms with Crippen LogP contribution in [0.3, 0.4) is 0 Å². The number of para-hydroxylation sites is 6. The first kappa shape index (κ1) is 25.8. The summed E-state index contributed by atoms with van der Waals surface area (Å²) in [6.07, 6.45) is 0. The van der Waals surface area contributed by atoms with Gasteiger partial charge in [0.25, 0.3) is 0 Å². The number of ether oxygens (including phenoxy) is 2. The maximum absolute atomic E-state index is 6.83. The summed E-state index contributed by atoms with van der Waals surface area (Å²) >= 11 is 0. The van der Waals surface area contributed by atoms with Crippen LogP contribution in [0, 0.1) is 0 Å². The van der Waals surface area contributed by atoms with Gasteiger partial charge in [0.1, 0.15) is 5.52 Å². The zero-order valence-electron chi connectivity index (χ0n) is 25.2. The maximum atomic E-state index is 6.83. The molecule has 0 bridgehead atoms. The number of hydrogen-bond acceptors (Lipinski definition) is 3. The number of aromatic nitrogens is 2. The molecule has 1 aliphatic heterocycles. The van der Waals surface area contributed by atoms with Gasteiger partial charge in [-0.15, -0.1) is 0 Å². The van der Waals surface area contributed by atoms with Crippen molar-refractivity contribution in [3.8, 4) is 28.7 Å². The second kappa shape index (κ2) is 10.0. The van der Waals surface area contributed by atoms with Gasteiger partial charge in [0.15, 0.2) is 23.0 Å². The highest BCUT2D eigenvalue weighted by molar-refractivity contribution is 6.31. The number of hydrogen-bond donors (Lipinski definition) is 1. The molecule has 0 saturated heterocycles. The molecule has 10 rings (SSSR count). The van der Waals surface area contributed by atoms with Crippen molar-refractivity contribution in [3.63, 3.8) is 0 Å². The van der Waals surface area contributed by atoms with Crippen molar-refractivity contribution in [1.82, 2.24) is 9.55 Å². The monoisotopic (exact) mass is 605 g/mol. The Morgan fingerprint density at radius 2 is 1.09 bits per heavy atom. The Kier molecular flexibility index (Phi) is 5.51. The van der Waals surface area contributed by atoms with Crippen LogP contribution in [0.25, 0.3) is 49.3 Å². The van der Waals surface area contributed by atoms with Gasteiger partial charge in [0, 0.05) is 49.8 Å². The largest absolute Gasteiger partial charge is 0.447 e. The number of nitrogens with zero attached hydrogens (tertiary/aromatic N) is 2. The highest BCUT2D eigenvalue weighted by Gasteiger charge is 2.31. The molecule has 1 N–H and O–H groups in total. The van der Waals surface area contributed by atoms with Gasteiger partial charge in [-0.1, -0.05) is 91.0 Å². The minimum Gasteiger partial charge on any atom is -0.447 e. The molecule has 47 heavy (non-hydrogen) atoms. The van der Waals surface area contributed by atoms with Gasteiger partial charge in [-0.25, -0.2) is 0 Å². The number of H-pyrrole nitrogens is 1. The number of aromatic amines is 1. The molecule has 3 heterocycles. The highest BCUT2D eigenvalue weighted by Crippen LogP contribution is 2.56. The third kappa shape index (κ3) is 3.83. The SMILES string of the molecule is c1ccc(N(c2ccccc2)c2cccc(-n3c4ccccc4c4c5c([nH]c6ccccc65)c5c(c43)Oc3ccccc3O5)c2)cc1. The van der Waals surface area contributed by atoms with Crippen molar-refractivity contribution >= 4 is 60.7 Å². The molecule has 0 spiro atoms.